The maximum Gasteiger partial charge on any atom is 0.251 e. The average molecular weight is 356 g/mol. The summed E-state index contributed by atoms with van der Waals surface area (Å²) in [6, 6.07) is 13.0. The van der Waals surface area contributed by atoms with Crippen LogP contribution in [-0.4, -0.2) is 11.2 Å². The van der Waals surface area contributed by atoms with Gasteiger partial charge in [-0.2, -0.15) is 0 Å². The highest BCUT2D eigenvalue weighted by atomic mass is 32.2. The normalized spacial score (nSPS) is 16.5. The molecule has 1 unspecified atom stereocenters. The molecule has 1 saturated carbocycles. The Morgan fingerprint density at radius 3 is 2.32 bits per heavy atom. The van der Waals surface area contributed by atoms with Gasteiger partial charge >= 0.3 is 0 Å². The van der Waals surface area contributed by atoms with E-state index in [4.69, 9.17) is 0 Å². The first-order valence-corrected chi connectivity index (χ1v) is 10.7. The largest absolute Gasteiger partial charge is 0.325 e. The minimum atomic E-state index is 0.0738. The molecule has 1 aromatic carbocycles. The maximum absolute atomic E-state index is 12.5. The van der Waals surface area contributed by atoms with Gasteiger partial charge in [0.2, 0.25) is 0 Å². The smallest absolute Gasteiger partial charge is 0.251 e. The second kappa shape index (κ2) is 8.27. The van der Waals surface area contributed by atoms with E-state index in [1.165, 1.54) is 36.1 Å². The third kappa shape index (κ3) is 4.38. The van der Waals surface area contributed by atoms with Gasteiger partial charge in [-0.15, -0.1) is 11.8 Å². The van der Waals surface area contributed by atoms with Crippen LogP contribution in [0.25, 0.3) is 0 Å². The second-order valence-corrected chi connectivity index (χ2v) is 8.44. The minimum absolute atomic E-state index is 0.0738. The molecule has 1 atom stereocenters. The van der Waals surface area contributed by atoms with Crippen LogP contribution in [0.2, 0.25) is 0 Å². The highest BCUT2D eigenvalue weighted by Gasteiger charge is 2.23. The van der Waals surface area contributed by atoms with Gasteiger partial charge in [-0.25, -0.2) is 0 Å². The average Bonchev–Trinajstić information content (AvgIpc) is 3.12. The van der Waals surface area contributed by atoms with Crippen LogP contribution in [0, 0.1) is 5.92 Å². The molecule has 3 heteroatoms. The van der Waals surface area contributed by atoms with Crippen molar-refractivity contribution in [2.45, 2.75) is 62.7 Å². The summed E-state index contributed by atoms with van der Waals surface area (Å²) >= 11 is 1.77. The van der Waals surface area contributed by atoms with Gasteiger partial charge < -0.3 is 4.98 Å². The summed E-state index contributed by atoms with van der Waals surface area (Å²) in [4.78, 5) is 17.0. The van der Waals surface area contributed by atoms with Gasteiger partial charge in [0.1, 0.15) is 0 Å². The quantitative estimate of drug-likeness (QED) is 0.651. The van der Waals surface area contributed by atoms with Crippen LogP contribution in [0.5, 0.6) is 0 Å². The van der Waals surface area contributed by atoms with Crippen LogP contribution < -0.4 is 5.56 Å². The number of thioether (sulfide) groups is 1. The van der Waals surface area contributed by atoms with Crippen LogP contribution in [0.3, 0.4) is 0 Å². The molecular formula is C22H29NOS. The zero-order valence-electron chi connectivity index (χ0n) is 15.5. The minimum Gasteiger partial charge on any atom is -0.325 e. The van der Waals surface area contributed by atoms with Crippen molar-refractivity contribution in [1.29, 1.82) is 0 Å². The lowest BCUT2D eigenvalue weighted by Crippen LogP contribution is -2.18. The van der Waals surface area contributed by atoms with Crippen molar-refractivity contribution in [1.82, 2.24) is 4.98 Å². The molecule has 0 radical (unpaired) electrons. The molecule has 0 saturated heterocycles. The van der Waals surface area contributed by atoms with Gasteiger partial charge in [0, 0.05) is 22.1 Å². The molecule has 1 fully saturated rings. The number of nitrogens with one attached hydrogen (secondary N) is 1. The summed E-state index contributed by atoms with van der Waals surface area (Å²) < 4.78 is 0. The fraction of sp³-hybridized carbons (Fsp3) is 0.500. The lowest BCUT2D eigenvalue weighted by Gasteiger charge is -2.22. The molecule has 1 heterocycles. The summed E-state index contributed by atoms with van der Waals surface area (Å²) in [5.74, 6) is 1.32. The van der Waals surface area contributed by atoms with Crippen LogP contribution >= 0.6 is 11.8 Å². The molecule has 1 aliphatic rings. The zero-order chi connectivity index (χ0) is 17.8. The third-order valence-corrected chi connectivity index (χ3v) is 6.27. The predicted octanol–water partition coefficient (Wildman–Crippen LogP) is 5.93. The van der Waals surface area contributed by atoms with E-state index >= 15 is 0 Å². The monoisotopic (exact) mass is 355 g/mol. The van der Waals surface area contributed by atoms with E-state index in [0.29, 0.717) is 0 Å². The van der Waals surface area contributed by atoms with Crippen molar-refractivity contribution >= 4 is 11.8 Å². The lowest BCUT2D eigenvalue weighted by molar-refractivity contribution is 0.468. The molecule has 0 bridgehead atoms. The summed E-state index contributed by atoms with van der Waals surface area (Å²) in [6.07, 6.45) is 8.60. The fourth-order valence-electron chi connectivity index (χ4n) is 4.02. The molecule has 0 spiro atoms. The Balaban J connectivity index is 1.94. The van der Waals surface area contributed by atoms with Crippen molar-refractivity contribution in [3.8, 4) is 0 Å². The molecule has 3 rings (SSSR count). The molecular weight excluding hydrogens is 326 g/mol. The number of rotatable bonds is 6. The molecule has 1 N–H and O–H groups in total. The third-order valence-electron chi connectivity index (χ3n) is 5.52. The Labute approximate surface area is 155 Å². The molecule has 0 aliphatic heterocycles. The van der Waals surface area contributed by atoms with Crippen molar-refractivity contribution in [3.05, 3.63) is 63.6 Å². The standard InChI is InChI=1S/C22H29NOS/c1-15(2)19-12-13-21(23-22(19)24)20(14-16-6-4-5-7-16)17-8-10-18(25-3)11-9-17/h8-13,15-16,20H,4-7,14H2,1-3H3,(H,23,24). The van der Waals surface area contributed by atoms with Gasteiger partial charge in [0.05, 0.1) is 0 Å². The first kappa shape index (κ1) is 18.3. The van der Waals surface area contributed by atoms with Gasteiger partial charge in [0.25, 0.3) is 5.56 Å². The number of hydrogen-bond acceptors (Lipinski definition) is 2. The molecule has 1 aliphatic carbocycles. The summed E-state index contributed by atoms with van der Waals surface area (Å²) in [5.41, 5.74) is 3.33. The fourth-order valence-corrected chi connectivity index (χ4v) is 4.42. The molecule has 25 heavy (non-hydrogen) atoms. The van der Waals surface area contributed by atoms with Gasteiger partial charge in [0.15, 0.2) is 0 Å². The molecule has 1 aromatic heterocycles. The van der Waals surface area contributed by atoms with Gasteiger partial charge in [-0.1, -0.05) is 57.7 Å². The second-order valence-electron chi connectivity index (χ2n) is 7.56. The van der Waals surface area contributed by atoms with E-state index in [1.807, 2.05) is 6.07 Å². The van der Waals surface area contributed by atoms with Crippen LogP contribution in [0.15, 0.2) is 46.1 Å². The number of H-pyrrole nitrogens is 1. The molecule has 2 aromatic rings. The maximum atomic E-state index is 12.5. The highest BCUT2D eigenvalue weighted by Crippen LogP contribution is 2.37. The van der Waals surface area contributed by atoms with Crippen molar-refractivity contribution in [2.75, 3.05) is 6.26 Å². The van der Waals surface area contributed by atoms with Crippen molar-refractivity contribution in [3.63, 3.8) is 0 Å². The van der Waals surface area contributed by atoms with Crippen LogP contribution in [0.1, 0.15) is 74.6 Å². The van der Waals surface area contributed by atoms with E-state index in [-0.39, 0.29) is 17.4 Å². The Morgan fingerprint density at radius 1 is 1.08 bits per heavy atom. The van der Waals surface area contributed by atoms with E-state index in [2.05, 4.69) is 55.4 Å². The van der Waals surface area contributed by atoms with E-state index in [0.717, 1.165) is 23.6 Å². The SMILES string of the molecule is CSc1ccc(C(CC2CCCC2)c2ccc(C(C)C)c(=O)[nH]2)cc1. The first-order valence-electron chi connectivity index (χ1n) is 9.45. The Kier molecular flexibility index (Phi) is 6.06. The Bertz CT molecular complexity index is 741. The summed E-state index contributed by atoms with van der Waals surface area (Å²) in [6.45, 7) is 4.14. The number of benzene rings is 1. The topological polar surface area (TPSA) is 32.9 Å². The molecule has 134 valence electrons. The van der Waals surface area contributed by atoms with Gasteiger partial charge in [-0.05, 0) is 48.3 Å². The zero-order valence-corrected chi connectivity index (χ0v) is 16.4. The van der Waals surface area contributed by atoms with Crippen molar-refractivity contribution in [2.24, 2.45) is 5.92 Å². The number of aromatic amines is 1. The first-order chi connectivity index (χ1) is 12.1. The Morgan fingerprint density at radius 2 is 1.76 bits per heavy atom. The lowest BCUT2D eigenvalue weighted by atomic mass is 9.85. The molecule has 0 amide bonds. The van der Waals surface area contributed by atoms with Crippen molar-refractivity contribution < 1.29 is 0 Å². The van der Waals surface area contributed by atoms with Crippen LogP contribution in [-0.2, 0) is 0 Å². The molecule has 2 nitrogen and oxygen atoms in total. The Hall–Kier alpha value is -1.48. The summed E-state index contributed by atoms with van der Waals surface area (Å²) in [5, 5.41) is 0. The van der Waals surface area contributed by atoms with E-state index in [9.17, 15) is 4.79 Å². The number of pyridine rings is 1. The van der Waals surface area contributed by atoms with E-state index in [1.54, 1.807) is 11.8 Å². The predicted molar refractivity (Wildman–Crippen MR) is 108 cm³/mol. The number of aromatic nitrogens is 1. The van der Waals surface area contributed by atoms with Crippen LogP contribution in [0.4, 0.5) is 0 Å². The number of hydrogen-bond donors (Lipinski definition) is 1. The summed E-state index contributed by atoms with van der Waals surface area (Å²) in [7, 11) is 0. The highest BCUT2D eigenvalue weighted by molar-refractivity contribution is 7.98. The van der Waals surface area contributed by atoms with Gasteiger partial charge in [-0.3, -0.25) is 4.79 Å². The van der Waals surface area contributed by atoms with E-state index < -0.39 is 0 Å².